The molecule has 0 aromatic heterocycles. The second-order valence-electron chi connectivity index (χ2n) is 2.26. The molecule has 0 bridgehead atoms. The Kier molecular flexibility index (Phi) is 2.87. The van der Waals surface area contributed by atoms with E-state index in [0.717, 1.165) is 12.1 Å². The van der Waals surface area contributed by atoms with Gasteiger partial charge in [-0.15, -0.1) is 0 Å². The van der Waals surface area contributed by atoms with E-state index < -0.39 is 12.7 Å². The van der Waals surface area contributed by atoms with E-state index in [2.05, 4.69) is 4.74 Å². The highest BCUT2D eigenvalue weighted by molar-refractivity contribution is 6.31. The number of benzene rings is 1. The molecule has 0 radical (unpaired) electrons. The molecule has 0 aliphatic heterocycles. The van der Waals surface area contributed by atoms with Crippen LogP contribution in [0.5, 0.6) is 5.75 Å². The molecular formula is C8H7ClF2O. The number of rotatable bonds is 2. The highest BCUT2D eigenvalue weighted by atomic mass is 35.5. The van der Waals surface area contributed by atoms with E-state index in [0.29, 0.717) is 5.56 Å². The second kappa shape index (κ2) is 3.72. The Bertz CT molecular complexity index is 289. The normalized spacial score (nSPS) is 10.0. The minimum Gasteiger partial charge on any atom is -0.462 e. The van der Waals surface area contributed by atoms with Crippen LogP contribution in [0.25, 0.3) is 0 Å². The monoisotopic (exact) mass is 192 g/mol. The van der Waals surface area contributed by atoms with Gasteiger partial charge in [-0.05, 0) is 13.0 Å². The van der Waals surface area contributed by atoms with E-state index in [1.54, 1.807) is 6.92 Å². The van der Waals surface area contributed by atoms with Crippen molar-refractivity contribution in [2.75, 3.05) is 6.86 Å². The van der Waals surface area contributed by atoms with E-state index in [9.17, 15) is 8.78 Å². The van der Waals surface area contributed by atoms with Crippen LogP contribution in [-0.2, 0) is 0 Å². The number of hydrogen-bond donors (Lipinski definition) is 0. The van der Waals surface area contributed by atoms with Gasteiger partial charge in [0.1, 0.15) is 11.6 Å². The van der Waals surface area contributed by atoms with Gasteiger partial charge in [-0.2, -0.15) is 0 Å². The van der Waals surface area contributed by atoms with Crippen LogP contribution in [-0.4, -0.2) is 6.86 Å². The molecule has 0 heterocycles. The fourth-order valence-electron chi connectivity index (χ4n) is 0.831. The summed E-state index contributed by atoms with van der Waals surface area (Å²) in [6.45, 7) is 0.646. The quantitative estimate of drug-likeness (QED) is 0.700. The van der Waals surface area contributed by atoms with Crippen molar-refractivity contribution >= 4 is 11.6 Å². The topological polar surface area (TPSA) is 9.23 Å². The maximum absolute atomic E-state index is 12.6. The molecular weight excluding hydrogens is 186 g/mol. The lowest BCUT2D eigenvalue weighted by atomic mass is 10.2. The molecule has 1 aromatic carbocycles. The molecule has 0 N–H and O–H groups in total. The summed E-state index contributed by atoms with van der Waals surface area (Å²) in [5.74, 6) is -0.392. The molecule has 1 nitrogen and oxygen atoms in total. The minimum atomic E-state index is -0.985. The van der Waals surface area contributed by atoms with E-state index in [1.165, 1.54) is 0 Å². The Morgan fingerprint density at radius 3 is 2.75 bits per heavy atom. The third-order valence-electron chi connectivity index (χ3n) is 1.47. The van der Waals surface area contributed by atoms with Crippen molar-refractivity contribution in [1.29, 1.82) is 0 Å². The number of halogens is 3. The average molecular weight is 193 g/mol. The summed E-state index contributed by atoms with van der Waals surface area (Å²) in [5.41, 5.74) is 0.538. The van der Waals surface area contributed by atoms with Crippen molar-refractivity contribution in [2.24, 2.45) is 0 Å². The highest BCUT2D eigenvalue weighted by Gasteiger charge is 2.06. The maximum Gasteiger partial charge on any atom is 0.228 e. The van der Waals surface area contributed by atoms with Crippen molar-refractivity contribution < 1.29 is 13.5 Å². The first-order valence-corrected chi connectivity index (χ1v) is 3.67. The summed E-state index contributed by atoms with van der Waals surface area (Å²) in [7, 11) is 0. The van der Waals surface area contributed by atoms with Crippen molar-refractivity contribution in [3.63, 3.8) is 0 Å². The van der Waals surface area contributed by atoms with Crippen LogP contribution in [0.3, 0.4) is 0 Å². The molecule has 0 aliphatic carbocycles. The van der Waals surface area contributed by atoms with Gasteiger partial charge in [0, 0.05) is 11.6 Å². The smallest absolute Gasteiger partial charge is 0.228 e. The van der Waals surface area contributed by atoms with Gasteiger partial charge in [0.2, 0.25) is 6.86 Å². The van der Waals surface area contributed by atoms with Gasteiger partial charge in [-0.3, -0.25) is 0 Å². The molecule has 0 unspecified atom stereocenters. The standard InChI is InChI=1S/C8H7ClF2O/c1-5-7(9)2-6(11)3-8(5)12-4-10/h2-3H,4H2,1H3. The summed E-state index contributed by atoms with van der Waals surface area (Å²) >= 11 is 5.61. The molecule has 0 amide bonds. The lowest BCUT2D eigenvalue weighted by Crippen LogP contribution is -1.94. The van der Waals surface area contributed by atoms with Crippen molar-refractivity contribution in [3.05, 3.63) is 28.5 Å². The molecule has 1 aromatic rings. The maximum atomic E-state index is 12.6. The molecule has 4 heteroatoms. The van der Waals surface area contributed by atoms with Gasteiger partial charge in [-0.1, -0.05) is 11.6 Å². The van der Waals surface area contributed by atoms with Crippen LogP contribution in [0.15, 0.2) is 12.1 Å². The van der Waals surface area contributed by atoms with Crippen LogP contribution >= 0.6 is 11.6 Å². The molecule has 66 valence electrons. The second-order valence-corrected chi connectivity index (χ2v) is 2.67. The minimum absolute atomic E-state index is 0.141. The Morgan fingerprint density at radius 1 is 1.50 bits per heavy atom. The Hall–Kier alpha value is -0.830. The predicted octanol–water partition coefficient (Wildman–Crippen LogP) is 3.09. The first kappa shape index (κ1) is 9.26. The third-order valence-corrected chi connectivity index (χ3v) is 1.86. The van der Waals surface area contributed by atoms with Crippen LogP contribution < -0.4 is 4.74 Å². The Labute approximate surface area is 73.9 Å². The van der Waals surface area contributed by atoms with E-state index in [-0.39, 0.29) is 10.8 Å². The molecule has 1 rings (SSSR count). The number of hydrogen-bond acceptors (Lipinski definition) is 1. The summed E-state index contributed by atoms with van der Waals surface area (Å²) in [5, 5.41) is 0.235. The van der Waals surface area contributed by atoms with E-state index in [1.807, 2.05) is 0 Å². The fraction of sp³-hybridized carbons (Fsp3) is 0.250. The third kappa shape index (κ3) is 1.85. The molecule has 0 saturated heterocycles. The Morgan fingerprint density at radius 2 is 2.17 bits per heavy atom. The van der Waals surface area contributed by atoms with Gasteiger partial charge in [0.25, 0.3) is 0 Å². The van der Waals surface area contributed by atoms with Gasteiger partial charge >= 0.3 is 0 Å². The van der Waals surface area contributed by atoms with Gasteiger partial charge in [0.05, 0.1) is 5.02 Å². The molecule has 0 spiro atoms. The lowest BCUT2D eigenvalue weighted by molar-refractivity contribution is 0.190. The van der Waals surface area contributed by atoms with Crippen LogP contribution in [0.1, 0.15) is 5.56 Å². The SMILES string of the molecule is Cc1c(Cl)cc(F)cc1OCF. The molecule has 0 atom stereocenters. The van der Waals surface area contributed by atoms with Crippen LogP contribution in [0, 0.1) is 12.7 Å². The zero-order chi connectivity index (χ0) is 9.14. The molecule has 12 heavy (non-hydrogen) atoms. The summed E-state index contributed by atoms with van der Waals surface area (Å²) in [6, 6.07) is 2.25. The zero-order valence-corrected chi connectivity index (χ0v) is 7.16. The van der Waals surface area contributed by atoms with Crippen molar-refractivity contribution in [2.45, 2.75) is 6.92 Å². The van der Waals surface area contributed by atoms with Crippen molar-refractivity contribution in [1.82, 2.24) is 0 Å². The zero-order valence-electron chi connectivity index (χ0n) is 6.40. The van der Waals surface area contributed by atoms with Crippen LogP contribution in [0.2, 0.25) is 5.02 Å². The van der Waals surface area contributed by atoms with Crippen molar-refractivity contribution in [3.8, 4) is 5.75 Å². The van der Waals surface area contributed by atoms with E-state index in [4.69, 9.17) is 11.6 Å². The first-order chi connectivity index (χ1) is 5.65. The fourth-order valence-corrected chi connectivity index (χ4v) is 1.03. The van der Waals surface area contributed by atoms with Gasteiger partial charge in [-0.25, -0.2) is 8.78 Å². The van der Waals surface area contributed by atoms with Gasteiger partial charge < -0.3 is 4.74 Å². The molecule has 0 aliphatic rings. The largest absolute Gasteiger partial charge is 0.462 e. The number of ether oxygens (including phenoxy) is 1. The summed E-state index contributed by atoms with van der Waals surface area (Å²) in [6.07, 6.45) is 0. The average Bonchev–Trinajstić information content (AvgIpc) is 2.00. The predicted molar refractivity (Wildman–Crippen MR) is 42.8 cm³/mol. The summed E-state index contributed by atoms with van der Waals surface area (Å²) in [4.78, 5) is 0. The summed E-state index contributed by atoms with van der Waals surface area (Å²) < 4.78 is 28.9. The van der Waals surface area contributed by atoms with E-state index >= 15 is 0 Å². The van der Waals surface area contributed by atoms with Gasteiger partial charge in [0.15, 0.2) is 0 Å². The molecule has 0 fully saturated rings. The molecule has 0 saturated carbocycles. The first-order valence-electron chi connectivity index (χ1n) is 3.29. The van der Waals surface area contributed by atoms with Crippen LogP contribution in [0.4, 0.5) is 8.78 Å². The Balaban J connectivity index is 3.09. The lowest BCUT2D eigenvalue weighted by Gasteiger charge is -2.06. The number of alkyl halides is 1. The highest BCUT2D eigenvalue weighted by Crippen LogP contribution is 2.26.